The SMILES string of the molecule is CCCC(=O)OC1C(=O)N(Cc2ccccc2)C=C(C)C1C=Cc1ccccc1. The molecule has 0 radical (unpaired) electrons. The summed E-state index contributed by atoms with van der Waals surface area (Å²) in [6.07, 6.45) is 5.96. The van der Waals surface area contributed by atoms with Crippen molar-refractivity contribution in [2.75, 3.05) is 0 Å². The third-order valence-electron chi connectivity index (χ3n) is 4.94. The highest BCUT2D eigenvalue weighted by molar-refractivity contribution is 5.87. The second-order valence-corrected chi connectivity index (χ2v) is 7.28. The maximum absolute atomic E-state index is 13.2. The topological polar surface area (TPSA) is 46.6 Å². The Hall–Kier alpha value is -3.14. The summed E-state index contributed by atoms with van der Waals surface area (Å²) in [6, 6.07) is 19.7. The van der Waals surface area contributed by atoms with Crippen molar-refractivity contribution in [1.82, 2.24) is 4.90 Å². The molecule has 2 atom stereocenters. The molecular weight excluding hydrogens is 362 g/mol. The minimum absolute atomic E-state index is 0.188. The van der Waals surface area contributed by atoms with Crippen LogP contribution in [0.15, 0.2) is 78.5 Å². The number of carbonyl (C=O) groups excluding carboxylic acids is 2. The lowest BCUT2D eigenvalue weighted by atomic mass is 9.89. The van der Waals surface area contributed by atoms with E-state index in [2.05, 4.69) is 0 Å². The van der Waals surface area contributed by atoms with E-state index in [0.29, 0.717) is 19.4 Å². The molecule has 0 bridgehead atoms. The fourth-order valence-electron chi connectivity index (χ4n) is 3.41. The number of ether oxygens (including phenoxy) is 1. The van der Waals surface area contributed by atoms with Gasteiger partial charge in [-0.1, -0.05) is 79.7 Å². The minimum Gasteiger partial charge on any atom is -0.451 e. The molecule has 2 unspecified atom stereocenters. The number of carbonyl (C=O) groups is 2. The van der Waals surface area contributed by atoms with Crippen LogP contribution in [-0.4, -0.2) is 22.9 Å². The molecule has 0 aliphatic carbocycles. The number of amides is 1. The quantitative estimate of drug-likeness (QED) is 0.628. The van der Waals surface area contributed by atoms with Crippen molar-refractivity contribution < 1.29 is 14.3 Å². The Morgan fingerprint density at radius 2 is 1.72 bits per heavy atom. The van der Waals surface area contributed by atoms with Gasteiger partial charge < -0.3 is 9.64 Å². The lowest BCUT2D eigenvalue weighted by Gasteiger charge is -2.34. The molecule has 4 nitrogen and oxygen atoms in total. The maximum atomic E-state index is 13.2. The van der Waals surface area contributed by atoms with E-state index in [1.807, 2.05) is 92.9 Å². The average Bonchev–Trinajstić information content (AvgIpc) is 2.73. The van der Waals surface area contributed by atoms with Gasteiger partial charge in [0.1, 0.15) is 0 Å². The van der Waals surface area contributed by atoms with Gasteiger partial charge in [0.2, 0.25) is 0 Å². The van der Waals surface area contributed by atoms with Crippen LogP contribution >= 0.6 is 0 Å². The van der Waals surface area contributed by atoms with Crippen LogP contribution in [0.3, 0.4) is 0 Å². The Labute approximate surface area is 172 Å². The first kappa shape index (κ1) is 20.6. The summed E-state index contributed by atoms with van der Waals surface area (Å²) in [6.45, 7) is 4.35. The molecule has 0 spiro atoms. The molecule has 1 aliphatic rings. The van der Waals surface area contributed by atoms with Gasteiger partial charge in [-0.3, -0.25) is 9.59 Å². The molecule has 1 heterocycles. The van der Waals surface area contributed by atoms with Crippen LogP contribution in [0.5, 0.6) is 0 Å². The summed E-state index contributed by atoms with van der Waals surface area (Å²) in [4.78, 5) is 27.1. The lowest BCUT2D eigenvalue weighted by molar-refractivity contribution is -0.162. The maximum Gasteiger partial charge on any atom is 0.306 e. The van der Waals surface area contributed by atoms with Crippen molar-refractivity contribution in [2.45, 2.75) is 39.3 Å². The van der Waals surface area contributed by atoms with Crippen LogP contribution in [0.2, 0.25) is 0 Å². The van der Waals surface area contributed by atoms with Crippen molar-refractivity contribution in [2.24, 2.45) is 5.92 Å². The predicted octanol–water partition coefficient (Wildman–Crippen LogP) is 4.97. The molecule has 4 heteroatoms. The van der Waals surface area contributed by atoms with Gasteiger partial charge in [0, 0.05) is 18.5 Å². The molecule has 0 N–H and O–H groups in total. The zero-order chi connectivity index (χ0) is 20.6. The van der Waals surface area contributed by atoms with Gasteiger partial charge in [-0.2, -0.15) is 0 Å². The van der Waals surface area contributed by atoms with Crippen molar-refractivity contribution >= 4 is 18.0 Å². The van der Waals surface area contributed by atoms with E-state index in [9.17, 15) is 9.59 Å². The third-order valence-corrected chi connectivity index (χ3v) is 4.94. The molecular formula is C25H27NO3. The van der Waals surface area contributed by atoms with Crippen LogP contribution in [-0.2, 0) is 20.9 Å². The van der Waals surface area contributed by atoms with Gasteiger partial charge in [0.15, 0.2) is 6.10 Å². The second-order valence-electron chi connectivity index (χ2n) is 7.28. The molecule has 0 fully saturated rings. The highest BCUT2D eigenvalue weighted by Gasteiger charge is 2.38. The molecule has 29 heavy (non-hydrogen) atoms. The Bertz CT molecular complexity index is 887. The van der Waals surface area contributed by atoms with Crippen LogP contribution in [0.4, 0.5) is 0 Å². The highest BCUT2D eigenvalue weighted by Crippen LogP contribution is 2.29. The van der Waals surface area contributed by atoms with Crippen LogP contribution in [0.25, 0.3) is 6.08 Å². The molecule has 3 rings (SSSR count). The van der Waals surface area contributed by atoms with Crippen LogP contribution in [0.1, 0.15) is 37.8 Å². The zero-order valence-electron chi connectivity index (χ0n) is 17.0. The van der Waals surface area contributed by atoms with Gasteiger partial charge in [0.25, 0.3) is 5.91 Å². The van der Waals surface area contributed by atoms with E-state index in [-0.39, 0.29) is 17.8 Å². The summed E-state index contributed by atoms with van der Waals surface area (Å²) >= 11 is 0. The molecule has 0 aromatic heterocycles. The standard InChI is InChI=1S/C25H27NO3/c1-3-10-23(27)29-24-22(16-15-20-11-6-4-7-12-20)19(2)17-26(25(24)28)18-21-13-8-5-9-14-21/h4-9,11-17,22,24H,3,10,18H2,1-2H3. The number of benzene rings is 2. The van der Waals surface area contributed by atoms with Crippen molar-refractivity contribution in [3.63, 3.8) is 0 Å². The number of hydrogen-bond donors (Lipinski definition) is 0. The third kappa shape index (κ3) is 5.44. The monoisotopic (exact) mass is 389 g/mol. The summed E-state index contributed by atoms with van der Waals surface area (Å²) < 4.78 is 5.66. The normalized spacial score (nSPS) is 19.3. The summed E-state index contributed by atoms with van der Waals surface area (Å²) in [5.74, 6) is -0.805. The lowest BCUT2D eigenvalue weighted by Crippen LogP contribution is -2.46. The van der Waals surface area contributed by atoms with Crippen molar-refractivity contribution in [3.05, 3.63) is 89.6 Å². The molecule has 1 aliphatic heterocycles. The van der Waals surface area contributed by atoms with E-state index in [1.165, 1.54) is 0 Å². The average molecular weight is 389 g/mol. The first-order valence-electron chi connectivity index (χ1n) is 10.0. The molecule has 2 aromatic carbocycles. The Balaban J connectivity index is 1.87. The van der Waals surface area contributed by atoms with E-state index < -0.39 is 6.10 Å². The Morgan fingerprint density at radius 1 is 1.07 bits per heavy atom. The number of esters is 1. The van der Waals surface area contributed by atoms with E-state index >= 15 is 0 Å². The molecule has 0 saturated heterocycles. The second kappa shape index (κ2) is 9.87. The number of rotatable bonds is 7. The fourth-order valence-corrected chi connectivity index (χ4v) is 3.41. The van der Waals surface area contributed by atoms with Crippen LogP contribution in [0, 0.1) is 5.92 Å². The Morgan fingerprint density at radius 3 is 2.38 bits per heavy atom. The van der Waals surface area contributed by atoms with Gasteiger partial charge >= 0.3 is 5.97 Å². The molecule has 2 aromatic rings. The summed E-state index contributed by atoms with van der Waals surface area (Å²) in [7, 11) is 0. The fraction of sp³-hybridized carbons (Fsp3) is 0.280. The first-order valence-corrected chi connectivity index (χ1v) is 10.0. The zero-order valence-corrected chi connectivity index (χ0v) is 17.0. The van der Waals surface area contributed by atoms with Crippen molar-refractivity contribution in [3.8, 4) is 0 Å². The minimum atomic E-state index is -0.845. The van der Waals surface area contributed by atoms with Crippen molar-refractivity contribution in [1.29, 1.82) is 0 Å². The number of hydrogen-bond acceptors (Lipinski definition) is 3. The Kier molecular flexibility index (Phi) is 7.01. The van der Waals surface area contributed by atoms with Crippen LogP contribution < -0.4 is 0 Å². The van der Waals surface area contributed by atoms with Gasteiger partial charge in [-0.15, -0.1) is 0 Å². The first-order chi connectivity index (χ1) is 14.1. The van der Waals surface area contributed by atoms with Gasteiger partial charge in [-0.25, -0.2) is 0 Å². The summed E-state index contributed by atoms with van der Waals surface area (Å²) in [5, 5.41) is 0. The van der Waals surface area contributed by atoms with E-state index in [0.717, 1.165) is 16.7 Å². The smallest absolute Gasteiger partial charge is 0.306 e. The highest BCUT2D eigenvalue weighted by atomic mass is 16.5. The van der Waals surface area contributed by atoms with Gasteiger partial charge in [0.05, 0.1) is 6.54 Å². The predicted molar refractivity (Wildman–Crippen MR) is 115 cm³/mol. The molecule has 150 valence electrons. The van der Waals surface area contributed by atoms with E-state index in [1.54, 1.807) is 4.90 Å². The number of nitrogens with zero attached hydrogens (tertiary/aromatic N) is 1. The summed E-state index contributed by atoms with van der Waals surface area (Å²) in [5.41, 5.74) is 3.06. The van der Waals surface area contributed by atoms with Gasteiger partial charge in [-0.05, 0) is 30.0 Å². The molecule has 0 saturated carbocycles. The molecule has 1 amide bonds. The van der Waals surface area contributed by atoms with E-state index in [4.69, 9.17) is 4.74 Å². The largest absolute Gasteiger partial charge is 0.451 e.